The van der Waals surface area contributed by atoms with Crippen LogP contribution in [0.4, 0.5) is 8.78 Å². The minimum atomic E-state index is -0.310. The van der Waals surface area contributed by atoms with Crippen LogP contribution in [0.1, 0.15) is 18.9 Å². The molecule has 1 aromatic carbocycles. The van der Waals surface area contributed by atoms with Crippen LogP contribution in [0.2, 0.25) is 0 Å². The fourth-order valence-electron chi connectivity index (χ4n) is 2.77. The van der Waals surface area contributed by atoms with Crippen LogP contribution in [-0.2, 0) is 7.05 Å². The van der Waals surface area contributed by atoms with E-state index in [4.69, 9.17) is 0 Å². The lowest BCUT2D eigenvalue weighted by Gasteiger charge is -2.06. The predicted molar refractivity (Wildman–Crippen MR) is 74.5 cm³/mol. The number of benzene rings is 1. The van der Waals surface area contributed by atoms with E-state index < -0.39 is 0 Å². The number of pyridine rings is 1. The second-order valence-corrected chi connectivity index (χ2v) is 5.58. The van der Waals surface area contributed by atoms with Gasteiger partial charge in [-0.3, -0.25) is 0 Å². The van der Waals surface area contributed by atoms with Crippen LogP contribution in [0, 0.1) is 11.6 Å². The Kier molecular flexibility index (Phi) is 2.58. The Morgan fingerprint density at radius 2 is 1.95 bits per heavy atom. The molecule has 4 rings (SSSR count). The molecule has 3 nitrogen and oxygen atoms in total. The van der Waals surface area contributed by atoms with Gasteiger partial charge in [0.15, 0.2) is 12.0 Å². The van der Waals surface area contributed by atoms with E-state index in [1.165, 1.54) is 24.4 Å². The van der Waals surface area contributed by atoms with Crippen molar-refractivity contribution in [3.05, 3.63) is 48.3 Å². The maximum atomic E-state index is 13.7. The normalized spacial score (nSPS) is 14.8. The van der Waals surface area contributed by atoms with Crippen LogP contribution >= 0.6 is 0 Å². The highest BCUT2D eigenvalue weighted by atomic mass is 19.1. The molecule has 1 aliphatic rings. The molecule has 0 bridgehead atoms. The molecule has 3 aromatic rings. The van der Waals surface area contributed by atoms with Gasteiger partial charge >= 0.3 is 0 Å². The molecule has 1 aliphatic carbocycles. The largest absolute Gasteiger partial charge is 0.321 e. The first kappa shape index (κ1) is 12.4. The minimum absolute atomic E-state index is 0.277. The molecule has 106 valence electrons. The summed E-state index contributed by atoms with van der Waals surface area (Å²) in [5.41, 5.74) is 2.23. The third-order valence-corrected chi connectivity index (χ3v) is 3.78. The van der Waals surface area contributed by atoms with Crippen molar-refractivity contribution in [3.8, 4) is 11.4 Å². The summed E-state index contributed by atoms with van der Waals surface area (Å²) in [5.74, 6) is 0.115. The summed E-state index contributed by atoms with van der Waals surface area (Å²) in [6, 6.07) is 6.38. The van der Waals surface area contributed by atoms with Gasteiger partial charge in [0.25, 0.3) is 0 Å². The summed E-state index contributed by atoms with van der Waals surface area (Å²) >= 11 is 0. The van der Waals surface area contributed by atoms with Gasteiger partial charge in [-0.25, -0.2) is 18.3 Å². The van der Waals surface area contributed by atoms with Crippen molar-refractivity contribution in [2.75, 3.05) is 0 Å². The first-order valence-electron chi connectivity index (χ1n) is 6.95. The van der Waals surface area contributed by atoms with Gasteiger partial charge in [-0.05, 0) is 37.1 Å². The molecule has 1 fully saturated rings. The Morgan fingerprint density at radius 1 is 1.14 bits per heavy atom. The lowest BCUT2D eigenvalue weighted by molar-refractivity contribution is -0.672. The Balaban J connectivity index is 2.01. The van der Waals surface area contributed by atoms with Gasteiger partial charge in [0.2, 0.25) is 6.20 Å². The van der Waals surface area contributed by atoms with E-state index in [-0.39, 0.29) is 11.6 Å². The fourth-order valence-corrected chi connectivity index (χ4v) is 2.77. The van der Waals surface area contributed by atoms with E-state index in [1.807, 2.05) is 10.8 Å². The van der Waals surface area contributed by atoms with Gasteiger partial charge in [-0.1, -0.05) is 0 Å². The van der Waals surface area contributed by atoms with Crippen LogP contribution < -0.4 is 4.57 Å². The molecular weight excluding hydrogens is 272 g/mol. The lowest BCUT2D eigenvalue weighted by Crippen LogP contribution is -2.27. The quantitative estimate of drug-likeness (QED) is 0.663. The molecule has 5 heteroatoms. The zero-order chi connectivity index (χ0) is 14.6. The van der Waals surface area contributed by atoms with Crippen LogP contribution in [0.5, 0.6) is 0 Å². The maximum Gasteiger partial charge on any atom is 0.204 e. The Morgan fingerprint density at radius 3 is 2.67 bits per heavy atom. The highest BCUT2D eigenvalue weighted by Gasteiger charge is 2.29. The van der Waals surface area contributed by atoms with Crippen LogP contribution in [0.3, 0.4) is 0 Å². The van der Waals surface area contributed by atoms with E-state index in [1.54, 1.807) is 17.7 Å². The molecule has 0 spiro atoms. The molecule has 0 radical (unpaired) electrons. The van der Waals surface area contributed by atoms with E-state index in [9.17, 15) is 8.78 Å². The average Bonchev–Trinajstić information content (AvgIpc) is 3.18. The third-order valence-electron chi connectivity index (χ3n) is 3.78. The maximum absolute atomic E-state index is 13.7. The van der Waals surface area contributed by atoms with Gasteiger partial charge in [-0.15, -0.1) is 0 Å². The molecule has 1 saturated carbocycles. The van der Waals surface area contributed by atoms with Gasteiger partial charge in [0.1, 0.15) is 18.7 Å². The summed E-state index contributed by atoms with van der Waals surface area (Å²) in [7, 11) is 1.77. The monoisotopic (exact) mass is 286 g/mol. The second-order valence-electron chi connectivity index (χ2n) is 5.58. The molecule has 0 N–H and O–H groups in total. The molecule has 0 saturated heterocycles. The van der Waals surface area contributed by atoms with Gasteiger partial charge in [0.05, 0.1) is 16.6 Å². The molecule has 2 aromatic heterocycles. The predicted octanol–water partition coefficient (Wildman–Crippen LogP) is 3.14. The van der Waals surface area contributed by atoms with E-state index in [0.29, 0.717) is 17.4 Å². The highest BCUT2D eigenvalue weighted by Crippen LogP contribution is 2.41. The number of imidazole rings is 1. The number of rotatable bonds is 2. The number of aromatic nitrogens is 3. The summed E-state index contributed by atoms with van der Waals surface area (Å²) in [6.45, 7) is 0. The molecule has 0 unspecified atom stereocenters. The van der Waals surface area contributed by atoms with Crippen molar-refractivity contribution in [1.82, 2.24) is 9.55 Å². The van der Waals surface area contributed by atoms with Crippen molar-refractivity contribution in [1.29, 1.82) is 0 Å². The first-order valence-corrected chi connectivity index (χ1v) is 6.95. The Bertz CT molecular complexity index is 830. The van der Waals surface area contributed by atoms with Gasteiger partial charge in [-0.2, -0.15) is 0 Å². The smallest absolute Gasteiger partial charge is 0.204 e. The van der Waals surface area contributed by atoms with Crippen molar-refractivity contribution >= 4 is 11.0 Å². The molecule has 0 aliphatic heterocycles. The molecule has 2 heterocycles. The third kappa shape index (κ3) is 2.09. The number of fused-ring (bicyclic) bond motifs is 1. The topological polar surface area (TPSA) is 21.7 Å². The zero-order valence-corrected chi connectivity index (χ0v) is 11.6. The van der Waals surface area contributed by atoms with Crippen molar-refractivity contribution in [2.45, 2.75) is 18.9 Å². The lowest BCUT2D eigenvalue weighted by atomic mass is 10.2. The molecule has 21 heavy (non-hydrogen) atoms. The van der Waals surface area contributed by atoms with E-state index in [2.05, 4.69) is 4.98 Å². The molecular formula is C16H14F2N3+. The SMILES string of the molecule is C[n+]1cc(F)cc(-c2nc3ccc(F)cc3n2C2CC2)c1. The van der Waals surface area contributed by atoms with E-state index in [0.717, 1.165) is 23.9 Å². The summed E-state index contributed by atoms with van der Waals surface area (Å²) in [4.78, 5) is 4.58. The second kappa shape index (κ2) is 4.35. The Labute approximate surface area is 120 Å². The van der Waals surface area contributed by atoms with Crippen LogP contribution in [-0.4, -0.2) is 9.55 Å². The standard InChI is InChI=1S/C16H14F2N3/c1-20-8-10(6-12(18)9-20)16-19-14-5-2-11(17)7-15(14)21(16)13-3-4-13/h2,5-9,13H,3-4H2,1H3/q+1. The number of hydrogen-bond acceptors (Lipinski definition) is 1. The Hall–Kier alpha value is -2.30. The summed E-state index contributed by atoms with van der Waals surface area (Å²) in [6.07, 6.45) is 5.35. The zero-order valence-electron chi connectivity index (χ0n) is 11.6. The van der Waals surface area contributed by atoms with Crippen molar-refractivity contribution in [3.63, 3.8) is 0 Å². The highest BCUT2D eigenvalue weighted by molar-refractivity contribution is 5.81. The number of halogens is 2. The summed E-state index contributed by atoms with van der Waals surface area (Å²) < 4.78 is 30.9. The van der Waals surface area contributed by atoms with Gasteiger partial charge in [0, 0.05) is 6.04 Å². The molecule has 0 amide bonds. The minimum Gasteiger partial charge on any atom is -0.321 e. The van der Waals surface area contributed by atoms with Gasteiger partial charge < -0.3 is 4.57 Å². The number of nitrogens with zero attached hydrogens (tertiary/aromatic N) is 3. The molecule has 0 atom stereocenters. The van der Waals surface area contributed by atoms with Crippen LogP contribution in [0.15, 0.2) is 36.7 Å². The fraction of sp³-hybridized carbons (Fsp3) is 0.250. The van der Waals surface area contributed by atoms with Crippen molar-refractivity contribution < 1.29 is 13.3 Å². The summed E-state index contributed by atoms with van der Waals surface area (Å²) in [5, 5.41) is 0. The number of aryl methyl sites for hydroxylation is 1. The number of hydrogen-bond donors (Lipinski definition) is 0. The average molecular weight is 286 g/mol. The van der Waals surface area contributed by atoms with Crippen molar-refractivity contribution in [2.24, 2.45) is 7.05 Å². The first-order chi connectivity index (χ1) is 10.1. The van der Waals surface area contributed by atoms with Crippen LogP contribution in [0.25, 0.3) is 22.4 Å². The van der Waals surface area contributed by atoms with E-state index >= 15 is 0 Å².